The number of aromatic nitrogens is 1. The Morgan fingerprint density at radius 2 is 1.73 bits per heavy atom. The molecule has 2 heterocycles. The highest BCUT2D eigenvalue weighted by atomic mass is 32.2. The van der Waals surface area contributed by atoms with E-state index in [-0.39, 0.29) is 23.4 Å². The van der Waals surface area contributed by atoms with Crippen LogP contribution >= 0.6 is 0 Å². The lowest BCUT2D eigenvalue weighted by molar-refractivity contribution is -0.120. The van der Waals surface area contributed by atoms with Gasteiger partial charge in [-0.1, -0.05) is 30.3 Å². The van der Waals surface area contributed by atoms with Gasteiger partial charge in [-0.05, 0) is 48.7 Å². The van der Waals surface area contributed by atoms with Gasteiger partial charge >= 0.3 is 0 Å². The molecule has 1 aliphatic heterocycles. The summed E-state index contributed by atoms with van der Waals surface area (Å²) in [6.07, 6.45) is 2.40. The summed E-state index contributed by atoms with van der Waals surface area (Å²) in [4.78, 5) is 16.8. The van der Waals surface area contributed by atoms with Crippen molar-refractivity contribution in [3.8, 4) is 11.6 Å². The molecule has 9 heteroatoms. The van der Waals surface area contributed by atoms with Gasteiger partial charge in [0.15, 0.2) is 0 Å². The molecule has 1 amide bonds. The lowest BCUT2D eigenvalue weighted by Crippen LogP contribution is -2.41. The predicted octanol–water partition coefficient (Wildman–Crippen LogP) is 4.19. The van der Waals surface area contributed by atoms with Gasteiger partial charge in [0.05, 0.1) is 17.6 Å². The average Bonchev–Trinajstić information content (AvgIpc) is 2.82. The molecule has 1 aromatic heterocycles. The Hall–Kier alpha value is -3.30. The lowest BCUT2D eigenvalue weighted by Gasteiger charge is -2.30. The van der Waals surface area contributed by atoms with Crippen molar-refractivity contribution in [2.75, 3.05) is 18.4 Å². The van der Waals surface area contributed by atoms with E-state index in [2.05, 4.69) is 10.3 Å². The molecule has 0 unspecified atom stereocenters. The Balaban J connectivity index is 1.28. The van der Waals surface area contributed by atoms with E-state index in [1.54, 1.807) is 24.3 Å². The van der Waals surface area contributed by atoms with Gasteiger partial charge in [0.25, 0.3) is 0 Å². The second-order valence-electron chi connectivity index (χ2n) is 7.85. The van der Waals surface area contributed by atoms with Crippen molar-refractivity contribution >= 4 is 21.6 Å². The van der Waals surface area contributed by atoms with Gasteiger partial charge in [0.2, 0.25) is 21.8 Å². The third-order valence-electron chi connectivity index (χ3n) is 5.45. The largest absolute Gasteiger partial charge is 0.439 e. The van der Waals surface area contributed by atoms with Gasteiger partial charge in [-0.25, -0.2) is 22.1 Å². The molecule has 0 atom stereocenters. The molecular formula is C24H24FN3O4S. The summed E-state index contributed by atoms with van der Waals surface area (Å²) in [5.74, 6) is -0.0606. The Bertz CT molecular complexity index is 1180. The first-order valence-corrected chi connectivity index (χ1v) is 12.2. The molecule has 0 radical (unpaired) electrons. The van der Waals surface area contributed by atoms with Crippen molar-refractivity contribution in [3.63, 3.8) is 0 Å². The van der Waals surface area contributed by atoms with Gasteiger partial charge in [-0.15, -0.1) is 0 Å². The summed E-state index contributed by atoms with van der Waals surface area (Å²) in [6, 6.07) is 17.9. The Labute approximate surface area is 192 Å². The summed E-state index contributed by atoms with van der Waals surface area (Å²) >= 11 is 0. The van der Waals surface area contributed by atoms with Crippen LogP contribution in [0.15, 0.2) is 72.9 Å². The van der Waals surface area contributed by atoms with Gasteiger partial charge in [-0.2, -0.15) is 0 Å². The molecule has 1 N–H and O–H groups in total. The fourth-order valence-corrected chi connectivity index (χ4v) is 5.22. The first-order valence-electron chi connectivity index (χ1n) is 10.6. The number of sulfonamides is 1. The van der Waals surface area contributed by atoms with Gasteiger partial charge in [0, 0.05) is 25.1 Å². The average molecular weight is 470 g/mol. The summed E-state index contributed by atoms with van der Waals surface area (Å²) < 4.78 is 45.4. The van der Waals surface area contributed by atoms with Gasteiger partial charge in [0.1, 0.15) is 11.6 Å². The highest BCUT2D eigenvalue weighted by Gasteiger charge is 2.31. The molecule has 1 saturated heterocycles. The second-order valence-corrected chi connectivity index (χ2v) is 9.81. The molecule has 1 aliphatic rings. The van der Waals surface area contributed by atoms with Crippen LogP contribution in [0.1, 0.15) is 18.4 Å². The SMILES string of the molecule is O=C(Nc1ccc(Oc2ccc(F)cc2)nc1)C1CCN(S(=O)(=O)Cc2ccccc2)CC1. The number of amides is 1. The smallest absolute Gasteiger partial charge is 0.227 e. The maximum Gasteiger partial charge on any atom is 0.227 e. The molecule has 0 bridgehead atoms. The minimum atomic E-state index is -3.42. The van der Waals surface area contributed by atoms with Crippen molar-refractivity contribution in [2.24, 2.45) is 5.92 Å². The van der Waals surface area contributed by atoms with E-state index in [0.717, 1.165) is 5.56 Å². The molecule has 0 aliphatic carbocycles. The number of piperidine rings is 1. The van der Waals surface area contributed by atoms with Crippen LogP contribution in [0.2, 0.25) is 0 Å². The first-order chi connectivity index (χ1) is 15.9. The highest BCUT2D eigenvalue weighted by Crippen LogP contribution is 2.24. The zero-order valence-electron chi connectivity index (χ0n) is 17.9. The molecule has 172 valence electrons. The van der Waals surface area contributed by atoms with E-state index in [0.29, 0.717) is 43.2 Å². The van der Waals surface area contributed by atoms with Crippen LogP contribution in [0, 0.1) is 11.7 Å². The summed E-state index contributed by atoms with van der Waals surface area (Å²) in [6.45, 7) is 0.631. The molecule has 33 heavy (non-hydrogen) atoms. The Kier molecular flexibility index (Phi) is 7.00. The van der Waals surface area contributed by atoms with E-state index < -0.39 is 10.0 Å². The number of rotatable bonds is 7. The Morgan fingerprint density at radius 3 is 2.36 bits per heavy atom. The minimum absolute atomic E-state index is 0.0390. The standard InChI is InChI=1S/C24H24FN3O4S/c25-20-6-9-22(10-7-20)32-23-11-8-21(16-26-23)27-24(29)19-12-14-28(15-13-19)33(30,31)17-18-4-2-1-3-5-18/h1-11,16,19H,12-15,17H2,(H,27,29). The third kappa shape index (κ3) is 6.15. The summed E-state index contributed by atoms with van der Waals surface area (Å²) in [7, 11) is -3.42. The molecule has 1 fully saturated rings. The van der Waals surface area contributed by atoms with E-state index in [1.807, 2.05) is 18.2 Å². The fraction of sp³-hybridized carbons (Fsp3) is 0.250. The van der Waals surface area contributed by atoms with Crippen LogP contribution < -0.4 is 10.1 Å². The number of carbonyl (C=O) groups is 1. The normalized spacial score (nSPS) is 15.2. The summed E-state index contributed by atoms with van der Waals surface area (Å²) in [5.41, 5.74) is 1.27. The number of benzene rings is 2. The second kappa shape index (κ2) is 10.1. The van der Waals surface area contributed by atoms with Crippen LogP contribution in [0.4, 0.5) is 10.1 Å². The predicted molar refractivity (Wildman–Crippen MR) is 123 cm³/mol. The van der Waals surface area contributed by atoms with Crippen molar-refractivity contribution in [1.29, 1.82) is 0 Å². The number of nitrogens with zero attached hydrogens (tertiary/aromatic N) is 2. The first kappa shape index (κ1) is 22.9. The van der Waals surface area contributed by atoms with Crippen LogP contribution in [0.3, 0.4) is 0 Å². The molecular weight excluding hydrogens is 445 g/mol. The zero-order valence-corrected chi connectivity index (χ0v) is 18.7. The lowest BCUT2D eigenvalue weighted by atomic mass is 9.97. The molecule has 3 aromatic rings. The van der Waals surface area contributed by atoms with Crippen LogP contribution in [-0.2, 0) is 20.6 Å². The topological polar surface area (TPSA) is 88.6 Å². The van der Waals surface area contributed by atoms with Crippen LogP contribution in [0.5, 0.6) is 11.6 Å². The number of nitrogens with one attached hydrogen (secondary N) is 1. The monoisotopic (exact) mass is 469 g/mol. The van der Waals surface area contributed by atoms with E-state index in [9.17, 15) is 17.6 Å². The van der Waals surface area contributed by atoms with Gasteiger partial charge < -0.3 is 10.1 Å². The fourth-order valence-electron chi connectivity index (χ4n) is 3.65. The maximum absolute atomic E-state index is 13.0. The Morgan fingerprint density at radius 1 is 1.03 bits per heavy atom. The van der Waals surface area contributed by atoms with Crippen LogP contribution in [0.25, 0.3) is 0 Å². The number of anilines is 1. The third-order valence-corrected chi connectivity index (χ3v) is 7.30. The maximum atomic E-state index is 13.0. The number of halogens is 1. The van der Waals surface area contributed by atoms with Crippen molar-refractivity contribution in [2.45, 2.75) is 18.6 Å². The van der Waals surface area contributed by atoms with E-state index in [1.165, 1.54) is 34.8 Å². The quantitative estimate of drug-likeness (QED) is 0.561. The number of hydrogen-bond acceptors (Lipinski definition) is 5. The number of pyridine rings is 1. The molecule has 0 spiro atoms. The minimum Gasteiger partial charge on any atom is -0.439 e. The van der Waals surface area contributed by atoms with E-state index >= 15 is 0 Å². The number of hydrogen-bond donors (Lipinski definition) is 1. The van der Waals surface area contributed by atoms with Gasteiger partial charge in [-0.3, -0.25) is 4.79 Å². The summed E-state index contributed by atoms with van der Waals surface area (Å²) in [5, 5.41) is 2.83. The van der Waals surface area contributed by atoms with Crippen molar-refractivity contribution in [3.05, 3.63) is 84.3 Å². The molecule has 2 aromatic carbocycles. The van der Waals surface area contributed by atoms with Crippen LogP contribution in [-0.4, -0.2) is 36.7 Å². The number of ether oxygens (including phenoxy) is 1. The number of carbonyl (C=O) groups excluding carboxylic acids is 1. The highest BCUT2D eigenvalue weighted by molar-refractivity contribution is 7.88. The van der Waals surface area contributed by atoms with Crippen molar-refractivity contribution in [1.82, 2.24) is 9.29 Å². The van der Waals surface area contributed by atoms with Crippen molar-refractivity contribution < 1.29 is 22.3 Å². The molecule has 4 rings (SSSR count). The molecule has 7 nitrogen and oxygen atoms in total. The zero-order chi connectivity index (χ0) is 23.3. The van der Waals surface area contributed by atoms with E-state index in [4.69, 9.17) is 4.74 Å². The molecule has 0 saturated carbocycles.